The SMILES string of the molecule is CC[C@@H](NS(=O)(=O)c1ccc(-c2sc(-c3nnc(CC(C)(C)C(C)=O)o3)nc2CC2CCC2)c(C(F)F)c1F)C(F)(F)F. The molecule has 1 saturated carbocycles. The van der Waals surface area contributed by atoms with Gasteiger partial charge in [-0.15, -0.1) is 21.5 Å². The van der Waals surface area contributed by atoms with E-state index in [1.807, 2.05) is 0 Å². The van der Waals surface area contributed by atoms with Gasteiger partial charge >= 0.3 is 6.18 Å². The van der Waals surface area contributed by atoms with Crippen LogP contribution < -0.4 is 4.72 Å². The molecule has 0 amide bonds. The Morgan fingerprint density at radius 3 is 2.40 bits per heavy atom. The molecule has 236 valence electrons. The van der Waals surface area contributed by atoms with Crippen molar-refractivity contribution in [3.63, 3.8) is 0 Å². The molecule has 1 aliphatic rings. The molecule has 8 nitrogen and oxygen atoms in total. The molecule has 4 rings (SSSR count). The Bertz CT molecular complexity index is 1600. The maximum Gasteiger partial charge on any atom is 0.404 e. The second kappa shape index (κ2) is 12.3. The number of aromatic nitrogens is 3. The first-order chi connectivity index (χ1) is 19.9. The van der Waals surface area contributed by atoms with Crippen LogP contribution in [0.1, 0.15) is 77.0 Å². The third-order valence-corrected chi connectivity index (χ3v) is 10.2. The summed E-state index contributed by atoms with van der Waals surface area (Å²) in [5, 5.41) is 8.11. The van der Waals surface area contributed by atoms with Gasteiger partial charge in [0.2, 0.25) is 15.9 Å². The summed E-state index contributed by atoms with van der Waals surface area (Å²) in [7, 11) is -5.17. The van der Waals surface area contributed by atoms with Crippen LogP contribution in [0.25, 0.3) is 21.3 Å². The predicted octanol–water partition coefficient (Wildman–Crippen LogP) is 7.06. The van der Waals surface area contributed by atoms with E-state index in [0.29, 0.717) is 18.2 Å². The number of Topliss-reactive ketones (excluding diaryl/α,β-unsaturated/α-hetero) is 1. The van der Waals surface area contributed by atoms with Crippen molar-refractivity contribution in [1.29, 1.82) is 0 Å². The van der Waals surface area contributed by atoms with E-state index < -0.39 is 56.8 Å². The molecule has 16 heteroatoms. The maximum absolute atomic E-state index is 15.6. The van der Waals surface area contributed by atoms with Gasteiger partial charge in [0.25, 0.3) is 12.3 Å². The summed E-state index contributed by atoms with van der Waals surface area (Å²) in [6, 6.07) is -0.919. The molecule has 1 fully saturated rings. The molecule has 0 unspecified atom stereocenters. The van der Waals surface area contributed by atoms with E-state index in [1.54, 1.807) is 13.8 Å². The van der Waals surface area contributed by atoms with Crippen molar-refractivity contribution in [3.05, 3.63) is 35.1 Å². The van der Waals surface area contributed by atoms with Crippen LogP contribution in [-0.2, 0) is 27.7 Å². The third-order valence-electron chi connectivity index (χ3n) is 7.60. The molecule has 1 aliphatic carbocycles. The Morgan fingerprint density at radius 1 is 1.19 bits per heavy atom. The summed E-state index contributed by atoms with van der Waals surface area (Å²) in [5.41, 5.74) is -2.07. The summed E-state index contributed by atoms with van der Waals surface area (Å²) in [6.07, 6.45) is -5.97. The number of carbonyl (C=O) groups is 1. The second-order valence-electron chi connectivity index (χ2n) is 11.2. The third kappa shape index (κ3) is 7.11. The lowest BCUT2D eigenvalue weighted by Crippen LogP contribution is -2.45. The van der Waals surface area contributed by atoms with Gasteiger partial charge in [-0.3, -0.25) is 4.79 Å². The van der Waals surface area contributed by atoms with Crippen molar-refractivity contribution in [1.82, 2.24) is 19.9 Å². The highest BCUT2D eigenvalue weighted by Crippen LogP contribution is 2.44. The highest BCUT2D eigenvalue weighted by molar-refractivity contribution is 7.89. The minimum Gasteiger partial charge on any atom is -0.419 e. The number of nitrogens with one attached hydrogen (secondary N) is 1. The minimum atomic E-state index is -5.17. The van der Waals surface area contributed by atoms with Crippen molar-refractivity contribution >= 4 is 27.1 Å². The van der Waals surface area contributed by atoms with Gasteiger partial charge in [0.05, 0.1) is 16.1 Å². The van der Waals surface area contributed by atoms with E-state index in [-0.39, 0.29) is 45.4 Å². The maximum atomic E-state index is 15.6. The molecule has 2 aromatic heterocycles. The van der Waals surface area contributed by atoms with E-state index in [2.05, 4.69) is 15.2 Å². The molecule has 1 aromatic carbocycles. The average molecular weight is 653 g/mol. The number of ketones is 1. The fraction of sp³-hybridized carbons (Fsp3) is 0.556. The molecular weight excluding hydrogens is 622 g/mol. The zero-order valence-electron chi connectivity index (χ0n) is 23.7. The van der Waals surface area contributed by atoms with E-state index in [4.69, 9.17) is 4.42 Å². The zero-order chi connectivity index (χ0) is 31.9. The van der Waals surface area contributed by atoms with E-state index in [9.17, 15) is 35.2 Å². The molecule has 0 aliphatic heterocycles. The van der Waals surface area contributed by atoms with Crippen molar-refractivity contribution in [2.24, 2.45) is 11.3 Å². The van der Waals surface area contributed by atoms with Crippen molar-refractivity contribution in [2.45, 2.75) is 89.8 Å². The van der Waals surface area contributed by atoms with Gasteiger partial charge in [0.1, 0.15) is 16.7 Å². The lowest BCUT2D eigenvalue weighted by Gasteiger charge is -2.25. The van der Waals surface area contributed by atoms with Gasteiger partial charge < -0.3 is 4.42 Å². The average Bonchev–Trinajstić information content (AvgIpc) is 3.50. The zero-order valence-corrected chi connectivity index (χ0v) is 25.3. The Kier molecular flexibility index (Phi) is 9.43. The topological polar surface area (TPSA) is 115 Å². The van der Waals surface area contributed by atoms with Crippen LogP contribution in [0.2, 0.25) is 0 Å². The molecule has 43 heavy (non-hydrogen) atoms. The minimum absolute atomic E-state index is 0.0410. The number of thiazole rings is 1. The Labute approximate surface area is 248 Å². The highest BCUT2D eigenvalue weighted by atomic mass is 32.2. The summed E-state index contributed by atoms with van der Waals surface area (Å²) in [6.45, 7) is 5.93. The van der Waals surface area contributed by atoms with Gasteiger partial charge in [-0.2, -0.15) is 17.9 Å². The molecule has 0 spiro atoms. The number of hydrogen-bond acceptors (Lipinski definition) is 8. The van der Waals surface area contributed by atoms with Crippen LogP contribution in [0.4, 0.5) is 26.3 Å². The lowest BCUT2D eigenvalue weighted by atomic mass is 9.81. The van der Waals surface area contributed by atoms with Gasteiger partial charge in [0, 0.05) is 17.4 Å². The number of alkyl halides is 5. The number of hydrogen-bond donors (Lipinski definition) is 1. The van der Waals surface area contributed by atoms with E-state index in [0.717, 1.165) is 43.6 Å². The largest absolute Gasteiger partial charge is 0.419 e. The van der Waals surface area contributed by atoms with Crippen molar-refractivity contribution in [3.8, 4) is 21.3 Å². The van der Waals surface area contributed by atoms with Crippen LogP contribution >= 0.6 is 11.3 Å². The number of carbonyl (C=O) groups excluding carboxylic acids is 1. The molecular formula is C27H30F6N4O4S2. The first-order valence-electron chi connectivity index (χ1n) is 13.5. The number of nitrogens with zero attached hydrogens (tertiary/aromatic N) is 3. The first kappa shape index (κ1) is 33.1. The summed E-state index contributed by atoms with van der Waals surface area (Å²) < 4.78 is 117. The molecule has 0 radical (unpaired) electrons. The molecule has 1 atom stereocenters. The highest BCUT2D eigenvalue weighted by Gasteiger charge is 2.42. The molecule has 2 heterocycles. The second-order valence-corrected chi connectivity index (χ2v) is 13.9. The summed E-state index contributed by atoms with van der Waals surface area (Å²) >= 11 is 0.863. The van der Waals surface area contributed by atoms with Crippen LogP contribution in [0.15, 0.2) is 21.4 Å². The van der Waals surface area contributed by atoms with Crippen molar-refractivity contribution < 1.29 is 44.0 Å². The first-order valence-corrected chi connectivity index (χ1v) is 15.8. The lowest BCUT2D eigenvalue weighted by molar-refractivity contribution is -0.151. The van der Waals surface area contributed by atoms with Gasteiger partial charge in [-0.25, -0.2) is 26.6 Å². The molecule has 1 N–H and O–H groups in total. The van der Waals surface area contributed by atoms with Crippen LogP contribution in [0.5, 0.6) is 0 Å². The Hall–Kier alpha value is -2.85. The summed E-state index contributed by atoms with van der Waals surface area (Å²) in [4.78, 5) is 15.3. The van der Waals surface area contributed by atoms with E-state index >= 15 is 4.39 Å². The van der Waals surface area contributed by atoms with Crippen molar-refractivity contribution in [2.75, 3.05) is 0 Å². The smallest absolute Gasteiger partial charge is 0.404 e. The monoisotopic (exact) mass is 652 g/mol. The Morgan fingerprint density at radius 2 is 1.86 bits per heavy atom. The summed E-state index contributed by atoms with van der Waals surface area (Å²) in [5.74, 6) is -1.65. The quantitative estimate of drug-likeness (QED) is 0.209. The molecule has 3 aromatic rings. The van der Waals surface area contributed by atoms with Gasteiger partial charge in [0.15, 0.2) is 10.8 Å². The fourth-order valence-electron chi connectivity index (χ4n) is 4.50. The van der Waals surface area contributed by atoms with Gasteiger partial charge in [-0.1, -0.05) is 46.1 Å². The predicted molar refractivity (Wildman–Crippen MR) is 145 cm³/mol. The number of benzene rings is 1. The number of rotatable bonds is 12. The Balaban J connectivity index is 1.79. The van der Waals surface area contributed by atoms with Crippen LogP contribution in [0.3, 0.4) is 0 Å². The van der Waals surface area contributed by atoms with Crippen LogP contribution in [0, 0.1) is 17.2 Å². The van der Waals surface area contributed by atoms with Gasteiger partial charge in [-0.05, 0) is 31.7 Å². The number of halogens is 6. The fourth-order valence-corrected chi connectivity index (χ4v) is 6.95. The standard InChI is InChI=1S/C27H30F6N4O4S2/c1-5-18(27(31,32)33)37-43(39,40)17-10-9-15(20(21(17)28)23(29)30)22-16(11-14-7-6-8-14)34-25(42-22)24-36-35-19(41-24)12-26(3,4)13(2)38/h9-10,14,18,23,37H,5-8,11-12H2,1-4H3/t18-/m1/s1. The molecule has 0 saturated heterocycles. The van der Waals surface area contributed by atoms with Crippen LogP contribution in [-0.4, -0.2) is 41.6 Å². The number of sulfonamides is 1. The molecule has 0 bridgehead atoms. The normalized spacial score (nSPS) is 15.6. The van der Waals surface area contributed by atoms with E-state index in [1.165, 1.54) is 11.6 Å².